The predicted octanol–water partition coefficient (Wildman–Crippen LogP) is 0.252. The predicted molar refractivity (Wildman–Crippen MR) is 63.1 cm³/mol. The number of hydrogen-bond donors (Lipinski definition) is 4. The molecule has 2 aliphatic rings. The molecule has 0 aromatic rings. The smallest absolute Gasteiger partial charge is 0.302 e. The molecule has 18 heteroatoms. The van der Waals surface area contributed by atoms with Crippen molar-refractivity contribution in [2.45, 2.75) is 12.2 Å². The lowest BCUT2D eigenvalue weighted by Gasteiger charge is -2.23. The normalized spacial score (nSPS) is 54.4. The van der Waals surface area contributed by atoms with Crippen molar-refractivity contribution in [2.75, 3.05) is 13.2 Å². The second-order valence-electron chi connectivity index (χ2n) is 3.92. The van der Waals surface area contributed by atoms with Crippen LogP contribution in [0.2, 0.25) is 0 Å². The van der Waals surface area contributed by atoms with Crippen LogP contribution < -0.4 is 0 Å². The van der Waals surface area contributed by atoms with E-state index in [-0.39, 0.29) is 0 Å². The largest absolute Gasteiger partial charge is 0.481 e. The molecule has 0 spiro atoms. The van der Waals surface area contributed by atoms with Gasteiger partial charge in [0.15, 0.2) is 0 Å². The number of phosphoric ester groups is 4. The van der Waals surface area contributed by atoms with Crippen LogP contribution in [-0.2, 0) is 45.0 Å². The van der Waals surface area contributed by atoms with Crippen LogP contribution in [0.25, 0.3) is 0 Å². The van der Waals surface area contributed by atoms with E-state index in [0.717, 1.165) is 0 Å². The van der Waals surface area contributed by atoms with Crippen LogP contribution in [0.3, 0.4) is 0 Å². The van der Waals surface area contributed by atoms with Crippen molar-refractivity contribution >= 4 is 31.3 Å². The quantitative estimate of drug-likeness (QED) is 0.431. The van der Waals surface area contributed by atoms with Gasteiger partial charge in [-0.05, 0) is 0 Å². The zero-order valence-corrected chi connectivity index (χ0v) is 13.8. The Balaban J connectivity index is 2.23. The Hall–Kier alpha value is 0.520. The molecule has 2 aliphatic heterocycles. The van der Waals surface area contributed by atoms with Gasteiger partial charge < -0.3 is 19.6 Å². The van der Waals surface area contributed by atoms with Crippen molar-refractivity contribution < 1.29 is 64.6 Å². The maximum atomic E-state index is 11.4. The molecule has 4 N–H and O–H groups in total. The van der Waals surface area contributed by atoms with E-state index in [1.807, 2.05) is 0 Å². The van der Waals surface area contributed by atoms with Gasteiger partial charge >= 0.3 is 31.3 Å². The van der Waals surface area contributed by atoms with Gasteiger partial charge in [-0.1, -0.05) is 0 Å². The molecule has 0 bridgehead atoms. The SMILES string of the molecule is O=P1(O)OC[C@@H]([C@H]2COP(=O)(O)OP(=O)(O)O2)OP(=O)(O)O1. The molecule has 0 aromatic heterocycles. The second kappa shape index (κ2) is 6.11. The molecule has 2 heterocycles. The molecule has 0 aliphatic carbocycles. The lowest BCUT2D eigenvalue weighted by Crippen LogP contribution is -2.35. The van der Waals surface area contributed by atoms with Gasteiger partial charge in [-0.2, -0.15) is 8.62 Å². The Morgan fingerprint density at radius 2 is 0.955 bits per heavy atom. The van der Waals surface area contributed by atoms with E-state index >= 15 is 0 Å². The highest BCUT2D eigenvalue weighted by molar-refractivity contribution is 7.61. The fourth-order valence-corrected chi connectivity index (χ4v) is 5.95. The van der Waals surface area contributed by atoms with E-state index in [2.05, 4.69) is 26.7 Å². The minimum Gasteiger partial charge on any atom is -0.302 e. The van der Waals surface area contributed by atoms with Crippen LogP contribution in [0.5, 0.6) is 0 Å². The summed E-state index contributed by atoms with van der Waals surface area (Å²) in [6.07, 6.45) is -3.44. The monoisotopic (exact) mass is 406 g/mol. The summed E-state index contributed by atoms with van der Waals surface area (Å²) in [6, 6.07) is 0. The molecule has 130 valence electrons. The summed E-state index contributed by atoms with van der Waals surface area (Å²) >= 11 is 0. The molecule has 14 nitrogen and oxygen atoms in total. The third-order valence-electron chi connectivity index (χ3n) is 2.17. The van der Waals surface area contributed by atoms with Crippen LogP contribution in [0.4, 0.5) is 0 Å². The Kier molecular flexibility index (Phi) is 5.23. The number of phosphoric acid groups is 4. The summed E-state index contributed by atoms with van der Waals surface area (Å²) in [4.78, 5) is 36.6. The molecule has 2 rings (SSSR count). The van der Waals surface area contributed by atoms with Crippen molar-refractivity contribution in [3.63, 3.8) is 0 Å². The van der Waals surface area contributed by atoms with E-state index in [9.17, 15) is 28.0 Å². The summed E-state index contributed by atoms with van der Waals surface area (Å²) in [6.45, 7) is -1.77. The Labute approximate surface area is 122 Å². The van der Waals surface area contributed by atoms with Crippen LogP contribution in [0.15, 0.2) is 0 Å². The molecule has 0 aromatic carbocycles. The molecule has 22 heavy (non-hydrogen) atoms. The third-order valence-corrected chi connectivity index (χ3v) is 7.50. The number of hydrogen-bond acceptors (Lipinski definition) is 10. The molecule has 2 fully saturated rings. The topological polar surface area (TPSA) is 205 Å². The standard InChI is InChI=1S/C4H10O14P4/c5-19(6)13-1-3(15-21(9,10)17-19)4-2-14-20(7,8)18-22(11,12)16-4/h3-4H,1-2H2,(H,5,6)(H,7,8)(H,9,10)(H,11,12)/t3-,4+. The van der Waals surface area contributed by atoms with E-state index < -0.39 is 56.7 Å². The van der Waals surface area contributed by atoms with Gasteiger partial charge in [-0.3, -0.25) is 18.1 Å². The maximum Gasteiger partial charge on any atom is 0.481 e. The highest BCUT2D eigenvalue weighted by Crippen LogP contribution is 2.66. The fourth-order valence-electron chi connectivity index (χ4n) is 1.44. The average molecular weight is 406 g/mol. The van der Waals surface area contributed by atoms with Gasteiger partial charge in [-0.25, -0.2) is 18.3 Å². The fraction of sp³-hybridized carbons (Fsp3) is 1.00. The van der Waals surface area contributed by atoms with Crippen LogP contribution in [-0.4, -0.2) is 45.0 Å². The third kappa shape index (κ3) is 5.27. The highest BCUT2D eigenvalue weighted by atomic mass is 31.3. The Morgan fingerprint density at radius 1 is 0.636 bits per heavy atom. The Bertz CT molecular complexity index is 572. The van der Waals surface area contributed by atoms with Crippen molar-refractivity contribution in [3.05, 3.63) is 0 Å². The molecular weight excluding hydrogens is 396 g/mol. The van der Waals surface area contributed by atoms with Gasteiger partial charge in [0.2, 0.25) is 0 Å². The molecule has 4 unspecified atom stereocenters. The summed E-state index contributed by atoms with van der Waals surface area (Å²) in [5.74, 6) is 0. The molecule has 0 amide bonds. The van der Waals surface area contributed by atoms with Crippen molar-refractivity contribution in [3.8, 4) is 0 Å². The van der Waals surface area contributed by atoms with Crippen LogP contribution >= 0.6 is 31.3 Å². The van der Waals surface area contributed by atoms with E-state index in [0.29, 0.717) is 0 Å². The summed E-state index contributed by atoms with van der Waals surface area (Å²) in [5.41, 5.74) is 0. The van der Waals surface area contributed by atoms with Gasteiger partial charge in [0.1, 0.15) is 12.2 Å². The molecule has 6 atom stereocenters. The maximum absolute atomic E-state index is 11.4. The highest BCUT2D eigenvalue weighted by Gasteiger charge is 2.49. The molecular formula is C4H10O14P4. The second-order valence-corrected chi connectivity index (χ2v) is 9.91. The summed E-state index contributed by atoms with van der Waals surface area (Å²) < 4.78 is 70.5. The molecule has 0 radical (unpaired) electrons. The van der Waals surface area contributed by atoms with Gasteiger partial charge in [0.05, 0.1) is 13.2 Å². The zero-order valence-electron chi connectivity index (χ0n) is 10.2. The first-order valence-electron chi connectivity index (χ1n) is 5.19. The molecule has 2 saturated heterocycles. The minimum atomic E-state index is -5.08. The number of rotatable bonds is 1. The van der Waals surface area contributed by atoms with E-state index in [4.69, 9.17) is 9.79 Å². The van der Waals surface area contributed by atoms with Gasteiger partial charge in [0.25, 0.3) is 0 Å². The zero-order chi connectivity index (χ0) is 16.8. The first-order valence-corrected chi connectivity index (χ1v) is 11.2. The lowest BCUT2D eigenvalue weighted by molar-refractivity contribution is -0.00802. The van der Waals surface area contributed by atoms with Gasteiger partial charge in [-0.15, -0.1) is 0 Å². The minimum absolute atomic E-state index is 0.887. The van der Waals surface area contributed by atoms with Crippen LogP contribution in [0, 0.1) is 0 Å². The summed E-state index contributed by atoms with van der Waals surface area (Å²) in [7, 11) is -20.0. The molecule has 0 saturated carbocycles. The first kappa shape index (κ1) is 18.9. The van der Waals surface area contributed by atoms with E-state index in [1.165, 1.54) is 0 Å². The average Bonchev–Trinajstić information content (AvgIpc) is 2.44. The lowest BCUT2D eigenvalue weighted by atomic mass is 10.2. The van der Waals surface area contributed by atoms with Crippen molar-refractivity contribution in [1.82, 2.24) is 0 Å². The van der Waals surface area contributed by atoms with E-state index in [1.54, 1.807) is 0 Å². The van der Waals surface area contributed by atoms with Crippen LogP contribution in [0.1, 0.15) is 0 Å². The van der Waals surface area contributed by atoms with Crippen molar-refractivity contribution in [2.24, 2.45) is 0 Å². The first-order chi connectivity index (χ1) is 9.79. The Morgan fingerprint density at radius 3 is 1.27 bits per heavy atom. The van der Waals surface area contributed by atoms with Crippen molar-refractivity contribution in [1.29, 1.82) is 0 Å². The van der Waals surface area contributed by atoms with Gasteiger partial charge in [0, 0.05) is 0 Å². The summed E-state index contributed by atoms with van der Waals surface area (Å²) in [5, 5.41) is 0.